The van der Waals surface area contributed by atoms with Crippen LogP contribution in [0.3, 0.4) is 0 Å². The molecule has 0 aromatic heterocycles. The molecule has 0 aliphatic carbocycles. The molecule has 2 amide bonds. The number of hydrogen-bond acceptors (Lipinski definition) is 4. The van der Waals surface area contributed by atoms with E-state index in [0.717, 1.165) is 12.1 Å². The van der Waals surface area contributed by atoms with Crippen LogP contribution in [-0.4, -0.2) is 24.4 Å². The molecule has 0 radical (unpaired) electrons. The first kappa shape index (κ1) is 17.6. The van der Waals surface area contributed by atoms with E-state index in [0.29, 0.717) is 0 Å². The van der Waals surface area contributed by atoms with Gasteiger partial charge in [0, 0.05) is 5.69 Å². The molecule has 0 aliphatic rings. The maximum absolute atomic E-state index is 12.0. The number of hydrogen-bond donors (Lipinski definition) is 2. The second-order valence-corrected chi connectivity index (χ2v) is 4.71. The third-order valence-corrected chi connectivity index (χ3v) is 2.55. The van der Waals surface area contributed by atoms with E-state index in [2.05, 4.69) is 15.4 Å². The average molecular weight is 319 g/mol. The first-order chi connectivity index (χ1) is 10.1. The number of alkyl halides is 3. The Morgan fingerprint density at radius 1 is 1.18 bits per heavy atom. The van der Waals surface area contributed by atoms with E-state index in [4.69, 9.17) is 0 Å². The normalized spacial score (nSPS) is 12.6. The number of carbonyl (C=O) groups is 2. The van der Waals surface area contributed by atoms with Crippen LogP contribution in [0.1, 0.15) is 13.8 Å². The summed E-state index contributed by atoms with van der Waals surface area (Å²) in [5.41, 5.74) is 0.174. The second kappa shape index (κ2) is 7.01. The molecule has 0 aliphatic heterocycles. The Bertz CT molecular complexity index is 529. The number of benzene rings is 1. The van der Waals surface area contributed by atoms with E-state index in [-0.39, 0.29) is 5.69 Å². The number of carboxylic acids is 1. The largest absolute Gasteiger partial charge is 0.573 e. The fourth-order valence-electron chi connectivity index (χ4n) is 1.55. The van der Waals surface area contributed by atoms with Gasteiger partial charge in [-0.2, -0.15) is 0 Å². The molecule has 9 heteroatoms. The Hall–Kier alpha value is -2.45. The molecule has 0 saturated heterocycles. The van der Waals surface area contributed by atoms with Gasteiger partial charge in [0.05, 0.1) is 12.0 Å². The van der Waals surface area contributed by atoms with Gasteiger partial charge < -0.3 is 25.3 Å². The zero-order chi connectivity index (χ0) is 16.9. The standard InChI is InChI=1S/C13H15F3N2O4/c1-7(2)10(11(19)20)18-12(21)17-8-3-5-9(6-4-8)22-13(14,15)16/h3-7,10H,1-2H3,(H,19,20)(H2,17,18,21)/p-1/t10-/m0/s1. The van der Waals surface area contributed by atoms with Gasteiger partial charge >= 0.3 is 12.4 Å². The summed E-state index contributed by atoms with van der Waals surface area (Å²) in [5.74, 6) is -2.26. The van der Waals surface area contributed by atoms with Crippen molar-refractivity contribution >= 4 is 17.7 Å². The summed E-state index contributed by atoms with van der Waals surface area (Å²) < 4.78 is 39.6. The van der Waals surface area contributed by atoms with Crippen LogP contribution in [0.2, 0.25) is 0 Å². The second-order valence-electron chi connectivity index (χ2n) is 4.71. The number of nitrogens with one attached hydrogen (secondary N) is 2. The first-order valence-corrected chi connectivity index (χ1v) is 6.22. The van der Waals surface area contributed by atoms with Crippen molar-refractivity contribution in [2.75, 3.05) is 5.32 Å². The monoisotopic (exact) mass is 319 g/mol. The summed E-state index contributed by atoms with van der Waals surface area (Å²) in [7, 11) is 0. The van der Waals surface area contributed by atoms with E-state index < -0.39 is 36.1 Å². The molecule has 1 atom stereocenters. The Kier molecular flexibility index (Phi) is 5.61. The van der Waals surface area contributed by atoms with Gasteiger partial charge in [0.25, 0.3) is 0 Å². The number of urea groups is 1. The van der Waals surface area contributed by atoms with Crippen molar-refractivity contribution in [2.24, 2.45) is 5.92 Å². The van der Waals surface area contributed by atoms with Gasteiger partial charge in [-0.25, -0.2) is 4.79 Å². The van der Waals surface area contributed by atoms with Gasteiger partial charge in [-0.05, 0) is 30.2 Å². The Morgan fingerprint density at radius 3 is 2.14 bits per heavy atom. The lowest BCUT2D eigenvalue weighted by molar-refractivity contribution is -0.309. The van der Waals surface area contributed by atoms with Gasteiger partial charge in [-0.3, -0.25) is 0 Å². The lowest BCUT2D eigenvalue weighted by atomic mass is 10.1. The third-order valence-electron chi connectivity index (χ3n) is 2.55. The first-order valence-electron chi connectivity index (χ1n) is 6.22. The van der Waals surface area contributed by atoms with E-state index in [1.807, 2.05) is 0 Å². The van der Waals surface area contributed by atoms with E-state index >= 15 is 0 Å². The van der Waals surface area contributed by atoms with Crippen LogP contribution in [0.4, 0.5) is 23.7 Å². The number of ether oxygens (including phenoxy) is 1. The number of carboxylic acid groups (broad SMARTS) is 1. The average Bonchev–Trinajstić information content (AvgIpc) is 2.36. The molecule has 0 bridgehead atoms. The topological polar surface area (TPSA) is 90.5 Å². The maximum atomic E-state index is 12.0. The highest BCUT2D eigenvalue weighted by Crippen LogP contribution is 2.23. The highest BCUT2D eigenvalue weighted by atomic mass is 19.4. The predicted molar refractivity (Wildman–Crippen MR) is 68.9 cm³/mol. The summed E-state index contributed by atoms with van der Waals surface area (Å²) in [6.45, 7) is 3.17. The van der Waals surface area contributed by atoms with Crippen molar-refractivity contribution in [1.29, 1.82) is 0 Å². The minimum atomic E-state index is -4.80. The van der Waals surface area contributed by atoms with Crippen LogP contribution >= 0.6 is 0 Å². The molecular formula is C13H14F3N2O4-. The fourth-order valence-corrected chi connectivity index (χ4v) is 1.55. The molecule has 0 fully saturated rings. The van der Waals surface area contributed by atoms with Gasteiger partial charge in [0.1, 0.15) is 5.75 Å². The highest BCUT2D eigenvalue weighted by molar-refractivity contribution is 5.92. The molecule has 0 heterocycles. The number of amides is 2. The SMILES string of the molecule is CC(C)[C@H](NC(=O)Nc1ccc(OC(F)(F)F)cc1)C(=O)[O-]. The molecule has 1 rings (SSSR count). The van der Waals surface area contributed by atoms with Crippen molar-refractivity contribution in [2.45, 2.75) is 26.3 Å². The van der Waals surface area contributed by atoms with Crippen molar-refractivity contribution in [3.05, 3.63) is 24.3 Å². The van der Waals surface area contributed by atoms with Crippen LogP contribution in [0, 0.1) is 5.92 Å². The summed E-state index contributed by atoms with van der Waals surface area (Å²) in [6, 6.07) is 2.40. The molecule has 1 aromatic carbocycles. The van der Waals surface area contributed by atoms with Crippen LogP contribution in [0.25, 0.3) is 0 Å². The smallest absolute Gasteiger partial charge is 0.548 e. The van der Waals surface area contributed by atoms with Crippen molar-refractivity contribution in [1.82, 2.24) is 5.32 Å². The summed E-state index contributed by atoms with van der Waals surface area (Å²) in [4.78, 5) is 22.5. The molecule has 122 valence electrons. The molecule has 0 saturated carbocycles. The summed E-state index contributed by atoms with van der Waals surface area (Å²) in [5, 5.41) is 15.3. The van der Waals surface area contributed by atoms with Crippen LogP contribution < -0.4 is 20.5 Å². The molecule has 6 nitrogen and oxygen atoms in total. The van der Waals surface area contributed by atoms with Gasteiger partial charge in [0.2, 0.25) is 0 Å². The predicted octanol–water partition coefficient (Wildman–Crippen LogP) is 1.48. The van der Waals surface area contributed by atoms with Crippen molar-refractivity contribution < 1.29 is 32.6 Å². The Labute approximate surface area is 124 Å². The number of halogens is 3. The fraction of sp³-hybridized carbons (Fsp3) is 0.385. The molecular weight excluding hydrogens is 305 g/mol. The number of carbonyl (C=O) groups excluding carboxylic acids is 2. The zero-order valence-corrected chi connectivity index (χ0v) is 11.7. The number of anilines is 1. The highest BCUT2D eigenvalue weighted by Gasteiger charge is 2.31. The molecule has 22 heavy (non-hydrogen) atoms. The summed E-state index contributed by atoms with van der Waals surface area (Å²) in [6.07, 6.45) is -4.80. The Balaban J connectivity index is 2.63. The van der Waals surface area contributed by atoms with E-state index in [1.54, 1.807) is 13.8 Å². The maximum Gasteiger partial charge on any atom is 0.573 e. The van der Waals surface area contributed by atoms with Crippen LogP contribution in [0.15, 0.2) is 24.3 Å². The third kappa shape index (κ3) is 5.90. The van der Waals surface area contributed by atoms with Gasteiger partial charge in [-0.15, -0.1) is 13.2 Å². The van der Waals surface area contributed by atoms with E-state index in [1.165, 1.54) is 12.1 Å². The zero-order valence-electron chi connectivity index (χ0n) is 11.7. The lowest BCUT2D eigenvalue weighted by Gasteiger charge is -2.23. The summed E-state index contributed by atoms with van der Waals surface area (Å²) >= 11 is 0. The van der Waals surface area contributed by atoms with E-state index in [9.17, 15) is 27.9 Å². The molecule has 0 spiro atoms. The number of rotatable bonds is 5. The number of aliphatic carboxylic acids is 1. The lowest BCUT2D eigenvalue weighted by Crippen LogP contribution is -2.51. The minimum Gasteiger partial charge on any atom is -0.548 e. The Morgan fingerprint density at radius 2 is 1.73 bits per heavy atom. The minimum absolute atomic E-state index is 0.174. The van der Waals surface area contributed by atoms with Crippen LogP contribution in [0.5, 0.6) is 5.75 Å². The quantitative estimate of drug-likeness (QED) is 0.860. The van der Waals surface area contributed by atoms with Gasteiger partial charge in [0.15, 0.2) is 0 Å². The van der Waals surface area contributed by atoms with Gasteiger partial charge in [-0.1, -0.05) is 13.8 Å². The molecule has 0 unspecified atom stereocenters. The van der Waals surface area contributed by atoms with Crippen molar-refractivity contribution in [3.63, 3.8) is 0 Å². The van der Waals surface area contributed by atoms with Crippen molar-refractivity contribution in [3.8, 4) is 5.75 Å². The molecule has 1 aromatic rings. The van der Waals surface area contributed by atoms with Crippen LogP contribution in [-0.2, 0) is 4.79 Å². The molecule has 2 N–H and O–H groups in total.